The number of nitrogens with zero attached hydrogens (tertiary/aromatic N) is 2. The maximum absolute atomic E-state index is 13.9. The van der Waals surface area contributed by atoms with E-state index in [1.54, 1.807) is 23.1 Å². The summed E-state index contributed by atoms with van der Waals surface area (Å²) in [6, 6.07) is 8.22. The summed E-state index contributed by atoms with van der Waals surface area (Å²) in [5.41, 5.74) is -1.29. The Bertz CT molecular complexity index is 1620. The predicted molar refractivity (Wildman–Crippen MR) is 152 cm³/mol. The molecule has 12 heteroatoms. The zero-order chi connectivity index (χ0) is 32.4. The fourth-order valence-corrected chi connectivity index (χ4v) is 6.54. The van der Waals surface area contributed by atoms with Gasteiger partial charge in [0.2, 0.25) is 5.75 Å². The lowest BCUT2D eigenvalue weighted by molar-refractivity contribution is -0.385. The third-order valence-corrected chi connectivity index (χ3v) is 8.25. The van der Waals surface area contributed by atoms with Crippen LogP contribution in [0.25, 0.3) is 0 Å². The van der Waals surface area contributed by atoms with Gasteiger partial charge in [-0.1, -0.05) is 45.9 Å². The number of allylic oxidation sites excluding steroid dienone is 4. The molecule has 232 valence electrons. The number of ether oxygens (including phenoxy) is 1. The van der Waals surface area contributed by atoms with Gasteiger partial charge >= 0.3 is 17.8 Å². The molecule has 1 aliphatic heterocycles. The highest BCUT2D eigenvalue weighted by atomic mass is 19.4. The predicted octanol–water partition coefficient (Wildman–Crippen LogP) is 7.18. The van der Waals surface area contributed by atoms with E-state index < -0.39 is 57.4 Å². The van der Waals surface area contributed by atoms with E-state index in [1.807, 2.05) is 27.7 Å². The average molecular weight is 613 g/mol. The lowest BCUT2D eigenvalue weighted by Gasteiger charge is -2.48. The highest BCUT2D eigenvalue weighted by Gasteiger charge is 2.50. The van der Waals surface area contributed by atoms with Crippen molar-refractivity contribution in [3.63, 3.8) is 0 Å². The molecule has 9 nitrogen and oxygen atoms in total. The molecule has 0 saturated heterocycles. The van der Waals surface area contributed by atoms with E-state index >= 15 is 0 Å². The lowest BCUT2D eigenvalue weighted by Crippen LogP contribution is -2.45. The Balaban J connectivity index is 1.73. The van der Waals surface area contributed by atoms with Gasteiger partial charge in [-0.25, -0.2) is 0 Å². The second-order valence-electron chi connectivity index (χ2n) is 13.1. The van der Waals surface area contributed by atoms with Crippen LogP contribution in [0.2, 0.25) is 0 Å². The molecule has 44 heavy (non-hydrogen) atoms. The van der Waals surface area contributed by atoms with E-state index in [4.69, 9.17) is 4.74 Å². The number of alkyl halides is 3. The first kappa shape index (κ1) is 31.0. The van der Waals surface area contributed by atoms with Crippen LogP contribution in [-0.4, -0.2) is 39.0 Å². The van der Waals surface area contributed by atoms with E-state index in [2.05, 4.69) is 0 Å². The zero-order valence-electron chi connectivity index (χ0n) is 24.6. The zero-order valence-corrected chi connectivity index (χ0v) is 24.6. The number of nitro benzene ring substituents is 1. The topological polar surface area (TPSA) is 127 Å². The van der Waals surface area contributed by atoms with Crippen molar-refractivity contribution in [3.8, 4) is 11.5 Å². The fourth-order valence-electron chi connectivity index (χ4n) is 6.54. The third-order valence-electron chi connectivity index (χ3n) is 8.25. The molecular formula is C32H31F3N2O7. The Morgan fingerprint density at radius 2 is 1.50 bits per heavy atom. The molecule has 0 unspecified atom stereocenters. The molecule has 0 spiro atoms. The number of rotatable bonds is 6. The van der Waals surface area contributed by atoms with Gasteiger partial charge in [0.15, 0.2) is 11.6 Å². The maximum Gasteiger partial charge on any atom is 0.416 e. The third kappa shape index (κ3) is 5.72. The summed E-state index contributed by atoms with van der Waals surface area (Å²) in [7, 11) is 0. The van der Waals surface area contributed by atoms with E-state index in [0.29, 0.717) is 41.9 Å². The molecule has 1 N–H and O–H groups in total. The molecule has 2 aromatic carbocycles. The Labute approximate surface area is 251 Å². The Morgan fingerprint density at radius 1 is 0.955 bits per heavy atom. The first-order chi connectivity index (χ1) is 20.4. The van der Waals surface area contributed by atoms with Crippen molar-refractivity contribution in [2.24, 2.45) is 10.8 Å². The minimum atomic E-state index is -4.82. The van der Waals surface area contributed by atoms with E-state index in [0.717, 1.165) is 6.07 Å². The Morgan fingerprint density at radius 3 is 2.00 bits per heavy atom. The van der Waals surface area contributed by atoms with Crippen molar-refractivity contribution < 1.29 is 42.3 Å². The van der Waals surface area contributed by atoms with Crippen LogP contribution in [0.15, 0.2) is 65.0 Å². The van der Waals surface area contributed by atoms with E-state index in [-0.39, 0.29) is 41.3 Å². The Hall–Kier alpha value is -4.48. The second kappa shape index (κ2) is 10.6. The minimum Gasteiger partial charge on any atom is -0.480 e. The number of hydrogen-bond donors (Lipinski definition) is 1. The summed E-state index contributed by atoms with van der Waals surface area (Å²) in [5.74, 6) is -3.07. The molecule has 0 amide bonds. The van der Waals surface area contributed by atoms with Gasteiger partial charge in [-0.15, -0.1) is 0 Å². The van der Waals surface area contributed by atoms with Crippen LogP contribution in [0.3, 0.4) is 0 Å². The van der Waals surface area contributed by atoms with Gasteiger partial charge in [0.05, 0.1) is 10.5 Å². The summed E-state index contributed by atoms with van der Waals surface area (Å²) < 4.78 is 45.9. The van der Waals surface area contributed by atoms with Crippen molar-refractivity contribution in [1.82, 2.24) is 4.90 Å². The smallest absolute Gasteiger partial charge is 0.416 e. The molecule has 2 aromatic rings. The molecular weight excluding hydrogens is 581 g/mol. The molecule has 2 aliphatic carbocycles. The monoisotopic (exact) mass is 612 g/mol. The quantitative estimate of drug-likeness (QED) is 0.269. The summed E-state index contributed by atoms with van der Waals surface area (Å²) in [5, 5.41) is 21.7. The van der Waals surface area contributed by atoms with E-state index in [9.17, 15) is 42.8 Å². The summed E-state index contributed by atoms with van der Waals surface area (Å²) >= 11 is 0. The summed E-state index contributed by atoms with van der Waals surface area (Å²) in [6.45, 7) is 7.17. The van der Waals surface area contributed by atoms with Crippen LogP contribution in [0.4, 0.5) is 18.9 Å². The van der Waals surface area contributed by atoms with E-state index in [1.165, 1.54) is 6.07 Å². The molecule has 5 rings (SSSR count). The largest absolute Gasteiger partial charge is 0.480 e. The van der Waals surface area contributed by atoms with Crippen LogP contribution in [-0.2, 0) is 20.6 Å². The molecule has 0 atom stereocenters. The van der Waals surface area contributed by atoms with Gasteiger partial charge in [0.25, 0.3) is 0 Å². The van der Waals surface area contributed by atoms with Crippen LogP contribution in [0.5, 0.6) is 11.5 Å². The number of carboxylic acid groups (broad SMARTS) is 1. The number of halogens is 3. The van der Waals surface area contributed by atoms with Gasteiger partial charge < -0.3 is 14.7 Å². The summed E-state index contributed by atoms with van der Waals surface area (Å²) in [6.07, 6.45) is -3.83. The van der Waals surface area contributed by atoms with Gasteiger partial charge in [-0.3, -0.25) is 24.5 Å². The van der Waals surface area contributed by atoms with Gasteiger partial charge in [-0.05, 0) is 41.9 Å². The molecule has 3 aliphatic rings. The number of nitro groups is 1. The van der Waals surface area contributed by atoms with Crippen LogP contribution >= 0.6 is 0 Å². The van der Waals surface area contributed by atoms with Crippen molar-refractivity contribution in [2.75, 3.05) is 6.54 Å². The summed E-state index contributed by atoms with van der Waals surface area (Å²) in [4.78, 5) is 52.3. The molecule has 0 radical (unpaired) electrons. The van der Waals surface area contributed by atoms with Crippen molar-refractivity contribution >= 4 is 23.2 Å². The van der Waals surface area contributed by atoms with Crippen molar-refractivity contribution in [3.05, 3.63) is 86.2 Å². The number of benzene rings is 2. The SMILES string of the molecule is CC1(C)CC(=O)C2=C(C1)N(CC(=O)O)C1=C(C(=O)CC(C)(C)C1)C2c1ccccc1Oc1ccc(C(F)(F)F)cc1[N+](=O)[O-]. The minimum absolute atomic E-state index is 0.0148. The lowest BCUT2D eigenvalue weighted by atomic mass is 9.63. The number of aliphatic carboxylic acids is 1. The number of carbonyl (C=O) groups excluding carboxylic acids is 2. The highest BCUT2D eigenvalue weighted by Crippen LogP contribution is 2.55. The molecule has 0 fully saturated rings. The Kier molecular flexibility index (Phi) is 7.46. The number of Topliss-reactive ketones (excluding diaryl/α,β-unsaturated/α-hetero) is 2. The number of hydrogen-bond acceptors (Lipinski definition) is 7. The highest BCUT2D eigenvalue weighted by molar-refractivity contribution is 6.07. The average Bonchev–Trinajstić information content (AvgIpc) is 2.88. The molecule has 0 saturated carbocycles. The van der Waals surface area contributed by atoms with Crippen LogP contribution in [0.1, 0.15) is 70.4 Å². The number of carbonyl (C=O) groups is 3. The van der Waals surface area contributed by atoms with Crippen LogP contribution in [0, 0.1) is 20.9 Å². The first-order valence-electron chi connectivity index (χ1n) is 14.0. The molecule has 1 heterocycles. The standard InChI is InChI=1S/C32H31F3N2O7/c1-30(2)12-20-28(22(38)14-30)27(29-21(36(20)16-26(40)41)13-31(3,4)15-23(29)39)18-7-5-6-8-24(18)44-25-10-9-17(32(33,34)35)11-19(25)37(42)43/h5-11,27H,12-16H2,1-4H3,(H,40,41). The first-order valence-corrected chi connectivity index (χ1v) is 14.0. The fraction of sp³-hybridized carbons (Fsp3) is 0.406. The normalized spacial score (nSPS) is 19.9. The van der Waals surface area contributed by atoms with Gasteiger partial charge in [0, 0.05) is 52.9 Å². The number of carboxylic acids is 1. The number of ketones is 2. The van der Waals surface area contributed by atoms with Gasteiger partial charge in [-0.2, -0.15) is 13.2 Å². The maximum atomic E-state index is 13.9. The molecule has 0 bridgehead atoms. The number of para-hydroxylation sites is 1. The van der Waals surface area contributed by atoms with Crippen molar-refractivity contribution in [1.29, 1.82) is 0 Å². The molecule has 0 aromatic heterocycles. The van der Waals surface area contributed by atoms with Crippen molar-refractivity contribution in [2.45, 2.75) is 65.5 Å². The van der Waals surface area contributed by atoms with Gasteiger partial charge in [0.1, 0.15) is 12.3 Å². The van der Waals surface area contributed by atoms with Crippen LogP contribution < -0.4 is 4.74 Å². The second-order valence-corrected chi connectivity index (χ2v) is 13.1.